The first-order valence-corrected chi connectivity index (χ1v) is 10.5. The van der Waals surface area contributed by atoms with Gasteiger partial charge < -0.3 is 5.32 Å². The molecule has 1 heterocycles. The van der Waals surface area contributed by atoms with E-state index in [9.17, 15) is 4.79 Å². The SMILES string of the molecule is O=C(NC(c1ccccc1)c1ccccc1)[C@H](c1ccccc1Cl)N1CCCC1. The Morgan fingerprint density at radius 1 is 0.793 bits per heavy atom. The summed E-state index contributed by atoms with van der Waals surface area (Å²) >= 11 is 6.51. The van der Waals surface area contributed by atoms with Gasteiger partial charge in [-0.05, 0) is 48.7 Å². The van der Waals surface area contributed by atoms with Crippen molar-refractivity contribution < 1.29 is 4.79 Å². The molecule has 0 bridgehead atoms. The van der Waals surface area contributed by atoms with Gasteiger partial charge in [-0.2, -0.15) is 0 Å². The molecule has 0 unspecified atom stereocenters. The van der Waals surface area contributed by atoms with E-state index in [1.54, 1.807) is 0 Å². The molecule has 1 N–H and O–H groups in total. The van der Waals surface area contributed by atoms with Gasteiger partial charge >= 0.3 is 0 Å². The number of nitrogens with one attached hydrogen (secondary N) is 1. The van der Waals surface area contributed by atoms with Crippen LogP contribution in [0.2, 0.25) is 5.02 Å². The van der Waals surface area contributed by atoms with Gasteiger partial charge in [0.15, 0.2) is 0 Å². The first-order valence-electron chi connectivity index (χ1n) is 10.1. The lowest BCUT2D eigenvalue weighted by Crippen LogP contribution is -2.41. The number of hydrogen-bond donors (Lipinski definition) is 1. The van der Waals surface area contributed by atoms with Gasteiger partial charge in [0.25, 0.3) is 0 Å². The van der Waals surface area contributed by atoms with Gasteiger partial charge in [-0.3, -0.25) is 9.69 Å². The fourth-order valence-corrected chi connectivity index (χ4v) is 4.31. The molecule has 4 heteroatoms. The van der Waals surface area contributed by atoms with Crippen LogP contribution in [0, 0.1) is 0 Å². The number of hydrogen-bond acceptors (Lipinski definition) is 2. The van der Waals surface area contributed by atoms with E-state index in [1.165, 1.54) is 0 Å². The highest BCUT2D eigenvalue weighted by molar-refractivity contribution is 6.31. The molecule has 1 saturated heterocycles. The molecule has 3 aromatic carbocycles. The van der Waals surface area contributed by atoms with Crippen molar-refractivity contribution in [2.45, 2.75) is 24.9 Å². The molecule has 0 saturated carbocycles. The van der Waals surface area contributed by atoms with Gasteiger partial charge in [0.05, 0.1) is 6.04 Å². The van der Waals surface area contributed by atoms with Crippen LogP contribution in [-0.2, 0) is 4.79 Å². The van der Waals surface area contributed by atoms with Crippen LogP contribution in [0.3, 0.4) is 0 Å². The van der Waals surface area contributed by atoms with Crippen LogP contribution < -0.4 is 5.32 Å². The quantitative estimate of drug-likeness (QED) is 0.598. The summed E-state index contributed by atoms with van der Waals surface area (Å²) in [5.74, 6) is -0.0160. The predicted molar refractivity (Wildman–Crippen MR) is 118 cm³/mol. The third-order valence-electron chi connectivity index (χ3n) is 5.51. The summed E-state index contributed by atoms with van der Waals surface area (Å²) in [5.41, 5.74) is 2.99. The Kier molecular flexibility index (Phi) is 6.28. The summed E-state index contributed by atoms with van der Waals surface area (Å²) in [4.78, 5) is 15.9. The van der Waals surface area contributed by atoms with Gasteiger partial charge in [0.1, 0.15) is 6.04 Å². The van der Waals surface area contributed by atoms with Crippen LogP contribution in [0.1, 0.15) is 41.6 Å². The fraction of sp³-hybridized carbons (Fsp3) is 0.240. The molecule has 0 aromatic heterocycles. The standard InChI is InChI=1S/C25H25ClN2O/c26-22-16-8-7-15-21(22)24(28-17-9-10-18-28)25(29)27-23(19-11-3-1-4-12-19)20-13-5-2-6-14-20/h1-8,11-16,23-24H,9-10,17-18H2,(H,27,29)/t24-/m0/s1. The summed E-state index contributed by atoms with van der Waals surface area (Å²) < 4.78 is 0. The molecule has 148 valence electrons. The van der Waals surface area contributed by atoms with Gasteiger partial charge in [-0.15, -0.1) is 0 Å². The molecule has 3 nitrogen and oxygen atoms in total. The van der Waals surface area contributed by atoms with Gasteiger partial charge in [-0.1, -0.05) is 90.5 Å². The van der Waals surface area contributed by atoms with Crippen LogP contribution in [0.4, 0.5) is 0 Å². The molecule has 1 amide bonds. The Labute approximate surface area is 177 Å². The number of benzene rings is 3. The van der Waals surface area contributed by atoms with Crippen molar-refractivity contribution in [2.75, 3.05) is 13.1 Å². The van der Waals surface area contributed by atoms with E-state index in [1.807, 2.05) is 60.7 Å². The zero-order valence-corrected chi connectivity index (χ0v) is 17.1. The zero-order valence-electron chi connectivity index (χ0n) is 16.3. The number of carbonyl (C=O) groups is 1. The summed E-state index contributed by atoms with van der Waals surface area (Å²) in [6.07, 6.45) is 2.21. The third kappa shape index (κ3) is 4.52. The molecule has 0 spiro atoms. The lowest BCUT2D eigenvalue weighted by molar-refractivity contribution is -0.126. The maximum Gasteiger partial charge on any atom is 0.242 e. The monoisotopic (exact) mass is 404 g/mol. The van der Waals surface area contributed by atoms with Gasteiger partial charge in [0, 0.05) is 5.02 Å². The largest absolute Gasteiger partial charge is 0.344 e. The molecular weight excluding hydrogens is 380 g/mol. The lowest BCUT2D eigenvalue weighted by Gasteiger charge is -2.30. The summed E-state index contributed by atoms with van der Waals surface area (Å²) in [6.45, 7) is 1.81. The molecule has 1 aliphatic rings. The maximum absolute atomic E-state index is 13.6. The number of rotatable bonds is 6. The molecule has 29 heavy (non-hydrogen) atoms. The lowest BCUT2D eigenvalue weighted by atomic mass is 9.97. The van der Waals surface area contributed by atoms with Crippen molar-refractivity contribution >= 4 is 17.5 Å². The van der Waals surface area contributed by atoms with E-state index in [0.717, 1.165) is 42.6 Å². The Bertz CT molecular complexity index is 900. The number of amides is 1. The maximum atomic E-state index is 13.6. The van der Waals surface area contributed by atoms with Gasteiger partial charge in [0.2, 0.25) is 5.91 Å². The highest BCUT2D eigenvalue weighted by Crippen LogP contribution is 2.32. The number of nitrogens with zero attached hydrogens (tertiary/aromatic N) is 1. The first kappa shape index (κ1) is 19.7. The minimum Gasteiger partial charge on any atom is -0.344 e. The molecule has 1 atom stereocenters. The summed E-state index contributed by atoms with van der Waals surface area (Å²) in [6, 6.07) is 27.3. The molecule has 3 aromatic rings. The highest BCUT2D eigenvalue weighted by atomic mass is 35.5. The Hall–Kier alpha value is -2.62. The number of likely N-dealkylation sites (tertiary alicyclic amines) is 1. The second-order valence-corrected chi connectivity index (χ2v) is 7.84. The van der Waals surface area contributed by atoms with E-state index >= 15 is 0 Å². The molecule has 1 aliphatic heterocycles. The Morgan fingerprint density at radius 3 is 1.86 bits per heavy atom. The van der Waals surface area contributed by atoms with E-state index in [2.05, 4.69) is 34.5 Å². The average Bonchev–Trinajstić information content (AvgIpc) is 3.29. The van der Waals surface area contributed by atoms with Crippen molar-refractivity contribution in [2.24, 2.45) is 0 Å². The second-order valence-electron chi connectivity index (χ2n) is 7.43. The van der Waals surface area contributed by atoms with E-state index in [-0.39, 0.29) is 18.0 Å². The minimum absolute atomic E-state index is 0.0160. The van der Waals surface area contributed by atoms with Gasteiger partial charge in [-0.25, -0.2) is 0 Å². The van der Waals surface area contributed by atoms with Crippen LogP contribution >= 0.6 is 11.6 Å². The van der Waals surface area contributed by atoms with Crippen molar-refractivity contribution in [3.8, 4) is 0 Å². The highest BCUT2D eigenvalue weighted by Gasteiger charge is 2.32. The first-order chi connectivity index (χ1) is 14.2. The van der Waals surface area contributed by atoms with Crippen molar-refractivity contribution in [3.05, 3.63) is 107 Å². The van der Waals surface area contributed by atoms with Crippen LogP contribution in [-0.4, -0.2) is 23.9 Å². The van der Waals surface area contributed by atoms with Crippen LogP contribution in [0.5, 0.6) is 0 Å². The van der Waals surface area contributed by atoms with E-state index in [0.29, 0.717) is 5.02 Å². The molecule has 0 aliphatic carbocycles. The number of carbonyl (C=O) groups excluding carboxylic acids is 1. The minimum atomic E-state index is -0.388. The van der Waals surface area contributed by atoms with Crippen LogP contribution in [0.15, 0.2) is 84.9 Å². The molecular formula is C25H25ClN2O. The van der Waals surface area contributed by atoms with Crippen LogP contribution in [0.25, 0.3) is 0 Å². The fourth-order valence-electron chi connectivity index (χ4n) is 4.07. The predicted octanol–water partition coefficient (Wildman–Crippen LogP) is 5.38. The third-order valence-corrected chi connectivity index (χ3v) is 5.85. The summed E-state index contributed by atoms with van der Waals surface area (Å²) in [7, 11) is 0. The van der Waals surface area contributed by atoms with Crippen molar-refractivity contribution in [1.29, 1.82) is 0 Å². The topological polar surface area (TPSA) is 32.3 Å². The normalized spacial score (nSPS) is 15.4. The van der Waals surface area contributed by atoms with E-state index < -0.39 is 0 Å². The number of halogens is 1. The molecule has 0 radical (unpaired) electrons. The smallest absolute Gasteiger partial charge is 0.242 e. The molecule has 4 rings (SSSR count). The Morgan fingerprint density at radius 2 is 1.31 bits per heavy atom. The Balaban J connectivity index is 1.68. The average molecular weight is 405 g/mol. The summed E-state index contributed by atoms with van der Waals surface area (Å²) in [5, 5.41) is 3.95. The van der Waals surface area contributed by atoms with E-state index in [4.69, 9.17) is 11.6 Å². The second kappa shape index (κ2) is 9.25. The van der Waals surface area contributed by atoms with Crippen molar-refractivity contribution in [1.82, 2.24) is 10.2 Å². The van der Waals surface area contributed by atoms with Crippen molar-refractivity contribution in [3.63, 3.8) is 0 Å². The molecule has 1 fully saturated rings. The zero-order chi connectivity index (χ0) is 20.1.